The number of methoxy groups -OCH3 is 1. The summed E-state index contributed by atoms with van der Waals surface area (Å²) in [5, 5.41) is 0. The Morgan fingerprint density at radius 2 is 1.85 bits per heavy atom. The van der Waals surface area contributed by atoms with E-state index < -0.39 is 10.0 Å². The van der Waals surface area contributed by atoms with Crippen LogP contribution in [0, 0.1) is 6.92 Å². The van der Waals surface area contributed by atoms with E-state index in [1.54, 1.807) is 19.2 Å². The quantitative estimate of drug-likeness (QED) is 0.791. The van der Waals surface area contributed by atoms with Crippen molar-refractivity contribution in [2.75, 3.05) is 40.0 Å². The van der Waals surface area contributed by atoms with Gasteiger partial charge in [0.05, 0.1) is 31.3 Å². The number of sulfonamides is 1. The van der Waals surface area contributed by atoms with Crippen LogP contribution in [0.1, 0.15) is 17.6 Å². The molecule has 0 saturated carbocycles. The third kappa shape index (κ3) is 4.45. The largest absolute Gasteiger partial charge is 0.497 e. The summed E-state index contributed by atoms with van der Waals surface area (Å²) < 4.78 is 44.2. The highest BCUT2D eigenvalue weighted by Gasteiger charge is 2.27. The van der Waals surface area contributed by atoms with Gasteiger partial charge in [0.15, 0.2) is 0 Å². The molecule has 7 nitrogen and oxygen atoms in total. The molecular formula is C18H24N2O5S. The van der Waals surface area contributed by atoms with E-state index in [1.165, 1.54) is 12.1 Å². The SMILES string of the molecule is COc1ccc(S(=O)(=O)NC[C@H](c2ccc(C)o2)N2CCOCC2)cc1. The molecule has 26 heavy (non-hydrogen) atoms. The van der Waals surface area contributed by atoms with Crippen LogP contribution in [-0.2, 0) is 14.8 Å². The van der Waals surface area contributed by atoms with Crippen molar-refractivity contribution in [3.63, 3.8) is 0 Å². The number of benzene rings is 1. The van der Waals surface area contributed by atoms with Gasteiger partial charge in [-0.2, -0.15) is 0 Å². The van der Waals surface area contributed by atoms with Crippen molar-refractivity contribution in [2.45, 2.75) is 17.9 Å². The number of furan rings is 1. The Labute approximate surface area is 153 Å². The van der Waals surface area contributed by atoms with Gasteiger partial charge in [-0.1, -0.05) is 0 Å². The first-order chi connectivity index (χ1) is 12.5. The molecule has 2 aromatic rings. The lowest BCUT2D eigenvalue weighted by molar-refractivity contribution is 0.0127. The molecule has 1 fully saturated rings. The summed E-state index contributed by atoms with van der Waals surface area (Å²) in [6.07, 6.45) is 0. The lowest BCUT2D eigenvalue weighted by atomic mass is 10.2. The van der Waals surface area contributed by atoms with E-state index in [0.717, 1.165) is 24.6 Å². The van der Waals surface area contributed by atoms with Crippen molar-refractivity contribution in [3.05, 3.63) is 47.9 Å². The van der Waals surface area contributed by atoms with Gasteiger partial charge in [-0.3, -0.25) is 4.90 Å². The average molecular weight is 380 g/mol. The number of nitrogens with one attached hydrogen (secondary N) is 1. The van der Waals surface area contributed by atoms with Crippen LogP contribution in [0.5, 0.6) is 5.75 Å². The van der Waals surface area contributed by atoms with Crippen LogP contribution in [0.25, 0.3) is 0 Å². The van der Waals surface area contributed by atoms with E-state index in [2.05, 4.69) is 9.62 Å². The molecule has 142 valence electrons. The molecule has 0 unspecified atom stereocenters. The number of hydrogen-bond donors (Lipinski definition) is 1. The van der Waals surface area contributed by atoms with E-state index in [1.807, 2.05) is 19.1 Å². The van der Waals surface area contributed by atoms with E-state index in [9.17, 15) is 8.42 Å². The summed E-state index contributed by atoms with van der Waals surface area (Å²) in [5.74, 6) is 2.17. The fraction of sp³-hybridized carbons (Fsp3) is 0.444. The Hall–Kier alpha value is -1.87. The van der Waals surface area contributed by atoms with E-state index in [4.69, 9.17) is 13.9 Å². The Kier molecular flexibility index (Phi) is 5.98. The number of aryl methyl sites for hydroxylation is 1. The standard InChI is InChI=1S/C18H24N2O5S/c1-14-3-8-18(25-14)17(20-9-11-24-12-10-20)13-19-26(21,22)16-6-4-15(23-2)5-7-16/h3-8,17,19H,9-13H2,1-2H3/t17-/m1/s1. The zero-order chi connectivity index (χ0) is 18.6. The predicted octanol–water partition coefficient (Wildman–Crippen LogP) is 1.95. The molecule has 0 radical (unpaired) electrons. The average Bonchev–Trinajstić information content (AvgIpc) is 3.09. The highest BCUT2D eigenvalue weighted by molar-refractivity contribution is 7.89. The first-order valence-corrected chi connectivity index (χ1v) is 10.00. The summed E-state index contributed by atoms with van der Waals surface area (Å²) in [4.78, 5) is 2.38. The van der Waals surface area contributed by atoms with Gasteiger partial charge in [-0.05, 0) is 43.3 Å². The van der Waals surface area contributed by atoms with Crippen LogP contribution in [0.4, 0.5) is 0 Å². The van der Waals surface area contributed by atoms with Gasteiger partial charge in [-0.25, -0.2) is 13.1 Å². The first-order valence-electron chi connectivity index (χ1n) is 8.51. The molecular weight excluding hydrogens is 356 g/mol. The molecule has 1 atom stereocenters. The highest BCUT2D eigenvalue weighted by Crippen LogP contribution is 2.24. The fourth-order valence-electron chi connectivity index (χ4n) is 2.96. The highest BCUT2D eigenvalue weighted by atomic mass is 32.2. The number of rotatable bonds is 7. The molecule has 1 aliphatic heterocycles. The van der Waals surface area contributed by atoms with E-state index in [0.29, 0.717) is 19.0 Å². The molecule has 1 aromatic heterocycles. The third-order valence-corrected chi connectivity index (χ3v) is 5.85. The molecule has 3 rings (SSSR count). The number of nitrogens with zero attached hydrogens (tertiary/aromatic N) is 1. The summed E-state index contributed by atoms with van der Waals surface area (Å²) in [5.41, 5.74) is 0. The van der Waals surface area contributed by atoms with Crippen molar-refractivity contribution in [1.82, 2.24) is 9.62 Å². The summed E-state index contributed by atoms with van der Waals surface area (Å²) in [6.45, 7) is 4.81. The summed E-state index contributed by atoms with van der Waals surface area (Å²) >= 11 is 0. The molecule has 1 N–H and O–H groups in total. The maximum Gasteiger partial charge on any atom is 0.240 e. The van der Waals surface area contributed by atoms with Crippen LogP contribution >= 0.6 is 0 Å². The normalized spacial score (nSPS) is 17.2. The number of hydrogen-bond acceptors (Lipinski definition) is 6. The Morgan fingerprint density at radius 1 is 1.15 bits per heavy atom. The van der Waals surface area contributed by atoms with Crippen molar-refractivity contribution < 1.29 is 22.3 Å². The Balaban J connectivity index is 1.75. The Morgan fingerprint density at radius 3 is 2.42 bits per heavy atom. The molecule has 2 heterocycles. The van der Waals surface area contributed by atoms with Gasteiger partial charge in [0, 0.05) is 19.6 Å². The van der Waals surface area contributed by atoms with Gasteiger partial charge in [0.25, 0.3) is 0 Å². The second kappa shape index (κ2) is 8.22. The topological polar surface area (TPSA) is 81.0 Å². The maximum absolute atomic E-state index is 12.6. The van der Waals surface area contributed by atoms with Crippen LogP contribution < -0.4 is 9.46 Å². The van der Waals surface area contributed by atoms with Crippen LogP contribution in [0.15, 0.2) is 45.7 Å². The van der Waals surface area contributed by atoms with Gasteiger partial charge < -0.3 is 13.9 Å². The predicted molar refractivity (Wildman–Crippen MR) is 96.8 cm³/mol. The molecule has 0 aliphatic carbocycles. The lowest BCUT2D eigenvalue weighted by Gasteiger charge is -2.33. The minimum atomic E-state index is -3.63. The van der Waals surface area contributed by atoms with Crippen molar-refractivity contribution in [3.8, 4) is 5.75 Å². The number of morpholine rings is 1. The Bertz CT molecular complexity index is 810. The smallest absolute Gasteiger partial charge is 0.240 e. The molecule has 1 saturated heterocycles. The van der Waals surface area contributed by atoms with E-state index in [-0.39, 0.29) is 17.5 Å². The minimum Gasteiger partial charge on any atom is -0.497 e. The first kappa shape index (κ1) is 18.9. The fourth-order valence-corrected chi connectivity index (χ4v) is 4.00. The van der Waals surface area contributed by atoms with Gasteiger partial charge >= 0.3 is 0 Å². The molecule has 0 amide bonds. The van der Waals surface area contributed by atoms with Crippen LogP contribution in [0.2, 0.25) is 0 Å². The number of ether oxygens (including phenoxy) is 2. The van der Waals surface area contributed by atoms with Crippen LogP contribution in [0.3, 0.4) is 0 Å². The third-order valence-electron chi connectivity index (χ3n) is 4.41. The van der Waals surface area contributed by atoms with Gasteiger partial charge in [0.2, 0.25) is 10.0 Å². The molecule has 1 aromatic carbocycles. The van der Waals surface area contributed by atoms with Crippen LogP contribution in [-0.4, -0.2) is 53.3 Å². The van der Waals surface area contributed by atoms with Crippen molar-refractivity contribution in [2.24, 2.45) is 0 Å². The molecule has 0 spiro atoms. The second-order valence-electron chi connectivity index (χ2n) is 6.14. The van der Waals surface area contributed by atoms with Crippen molar-refractivity contribution in [1.29, 1.82) is 0 Å². The summed E-state index contributed by atoms with van der Waals surface area (Å²) in [7, 11) is -2.08. The van der Waals surface area contributed by atoms with E-state index >= 15 is 0 Å². The zero-order valence-corrected chi connectivity index (χ0v) is 15.8. The lowest BCUT2D eigenvalue weighted by Crippen LogP contribution is -2.43. The minimum absolute atomic E-state index is 0.180. The molecule has 1 aliphatic rings. The van der Waals surface area contributed by atoms with Crippen molar-refractivity contribution >= 4 is 10.0 Å². The van der Waals surface area contributed by atoms with Gasteiger partial charge in [0.1, 0.15) is 17.3 Å². The van der Waals surface area contributed by atoms with Gasteiger partial charge in [-0.15, -0.1) is 0 Å². The monoisotopic (exact) mass is 380 g/mol. The molecule has 0 bridgehead atoms. The zero-order valence-electron chi connectivity index (χ0n) is 15.0. The summed E-state index contributed by atoms with van der Waals surface area (Å²) in [6, 6.07) is 9.93. The maximum atomic E-state index is 12.6. The molecule has 8 heteroatoms. The second-order valence-corrected chi connectivity index (χ2v) is 7.91.